The summed E-state index contributed by atoms with van der Waals surface area (Å²) in [4.78, 5) is 15.1. The number of imidazole rings is 1. The molecule has 0 atom stereocenters. The van der Waals surface area contributed by atoms with Gasteiger partial charge in [0.05, 0.1) is 5.69 Å². The Labute approximate surface area is 174 Å². The van der Waals surface area contributed by atoms with Crippen molar-refractivity contribution < 1.29 is 0 Å². The molecule has 6 heteroatoms. The van der Waals surface area contributed by atoms with E-state index in [2.05, 4.69) is 75.6 Å². The van der Waals surface area contributed by atoms with Gasteiger partial charge in [-0.25, -0.2) is 9.97 Å². The van der Waals surface area contributed by atoms with E-state index in [4.69, 9.17) is 4.98 Å². The lowest BCUT2D eigenvalue weighted by molar-refractivity contribution is 0.447. The Bertz CT molecular complexity index is 1340. The first-order valence-electron chi connectivity index (χ1n) is 10.3. The van der Waals surface area contributed by atoms with Gasteiger partial charge in [0.25, 0.3) is 0 Å². The Hall–Kier alpha value is -3.80. The van der Waals surface area contributed by atoms with Crippen LogP contribution < -0.4 is 10.2 Å². The van der Waals surface area contributed by atoms with Gasteiger partial charge in [-0.2, -0.15) is 0 Å². The number of rotatable bonds is 4. The van der Waals surface area contributed by atoms with Crippen molar-refractivity contribution in [2.75, 3.05) is 23.3 Å². The van der Waals surface area contributed by atoms with Crippen molar-refractivity contribution in [3.63, 3.8) is 0 Å². The van der Waals surface area contributed by atoms with E-state index in [9.17, 15) is 0 Å². The first-order chi connectivity index (χ1) is 14.7. The molecule has 1 aliphatic heterocycles. The number of anilines is 3. The molecular formula is C24H22N6. The van der Waals surface area contributed by atoms with Gasteiger partial charge in [-0.05, 0) is 47.7 Å². The van der Waals surface area contributed by atoms with E-state index in [0.717, 1.165) is 52.9 Å². The van der Waals surface area contributed by atoms with Crippen LogP contribution in [0.25, 0.3) is 27.8 Å². The highest BCUT2D eigenvalue weighted by atomic mass is 15.2. The monoisotopic (exact) mass is 394 g/mol. The molecule has 1 fully saturated rings. The van der Waals surface area contributed by atoms with Crippen molar-refractivity contribution >= 4 is 33.7 Å². The molecule has 0 aliphatic carbocycles. The quantitative estimate of drug-likeness (QED) is 0.446. The molecule has 0 radical (unpaired) electrons. The summed E-state index contributed by atoms with van der Waals surface area (Å²) in [6.07, 6.45) is 7.73. The normalized spacial score (nSPS) is 14.4. The van der Waals surface area contributed by atoms with Crippen LogP contribution in [0.3, 0.4) is 0 Å². The van der Waals surface area contributed by atoms with E-state index in [1.54, 1.807) is 6.20 Å². The lowest BCUT2D eigenvalue weighted by Gasteiger charge is -2.39. The first-order valence-corrected chi connectivity index (χ1v) is 10.3. The standard InChI is InChI=1S/C24H22N6/c1-16-13-30(14-16)20-6-4-19(5-7-20)27-23-24-26-10-11-29(24)15-22(28-23)18-3-2-17-8-9-25-21(17)12-18/h2-12,15-16,25H,13-14H2,1H3,(H,27,28). The highest BCUT2D eigenvalue weighted by Gasteiger charge is 2.22. The number of nitrogens with zero attached hydrogens (tertiary/aromatic N) is 4. The first kappa shape index (κ1) is 17.1. The minimum absolute atomic E-state index is 0.745. The Balaban J connectivity index is 1.35. The van der Waals surface area contributed by atoms with Crippen LogP contribution in [0.4, 0.5) is 17.2 Å². The Kier molecular flexibility index (Phi) is 3.77. The molecular weight excluding hydrogens is 372 g/mol. The molecule has 0 spiro atoms. The molecule has 0 bridgehead atoms. The SMILES string of the molecule is CC1CN(c2ccc(Nc3nc(-c4ccc5cc[nH]c5c4)cn4ccnc34)cc2)C1. The average Bonchev–Trinajstić information content (AvgIpc) is 3.41. The van der Waals surface area contributed by atoms with Gasteiger partial charge in [0.1, 0.15) is 0 Å². The highest BCUT2D eigenvalue weighted by molar-refractivity contribution is 5.85. The summed E-state index contributed by atoms with van der Waals surface area (Å²) in [6, 6.07) is 17.0. The maximum Gasteiger partial charge on any atom is 0.180 e. The molecule has 0 saturated carbocycles. The number of aromatic amines is 1. The van der Waals surface area contributed by atoms with Gasteiger partial charge in [0.2, 0.25) is 0 Å². The average molecular weight is 394 g/mol. The summed E-state index contributed by atoms with van der Waals surface area (Å²) in [7, 11) is 0. The summed E-state index contributed by atoms with van der Waals surface area (Å²) >= 11 is 0. The predicted octanol–water partition coefficient (Wildman–Crippen LogP) is 5.08. The molecule has 0 unspecified atom stereocenters. The molecule has 4 heterocycles. The van der Waals surface area contributed by atoms with Gasteiger partial charge in [-0.3, -0.25) is 0 Å². The van der Waals surface area contributed by atoms with Crippen LogP contribution in [-0.2, 0) is 0 Å². The van der Waals surface area contributed by atoms with Crippen LogP contribution in [0.1, 0.15) is 6.92 Å². The molecule has 5 aromatic rings. The molecule has 148 valence electrons. The number of aromatic nitrogens is 4. The molecule has 6 rings (SSSR count). The Morgan fingerprint density at radius 2 is 1.93 bits per heavy atom. The number of H-pyrrole nitrogens is 1. The van der Waals surface area contributed by atoms with Gasteiger partial charge >= 0.3 is 0 Å². The summed E-state index contributed by atoms with van der Waals surface area (Å²) < 4.78 is 2.01. The van der Waals surface area contributed by atoms with E-state index < -0.39 is 0 Å². The van der Waals surface area contributed by atoms with Crippen LogP contribution in [0.2, 0.25) is 0 Å². The summed E-state index contributed by atoms with van der Waals surface area (Å²) in [5.41, 5.74) is 6.13. The van der Waals surface area contributed by atoms with Crippen molar-refractivity contribution in [2.45, 2.75) is 6.92 Å². The molecule has 30 heavy (non-hydrogen) atoms. The lowest BCUT2D eigenvalue weighted by atomic mass is 10.0. The number of nitrogens with one attached hydrogen (secondary N) is 2. The molecule has 1 aliphatic rings. The van der Waals surface area contributed by atoms with Crippen LogP contribution in [0.15, 0.2) is 73.3 Å². The largest absolute Gasteiger partial charge is 0.371 e. The lowest BCUT2D eigenvalue weighted by Crippen LogP contribution is -2.45. The topological polar surface area (TPSA) is 61.2 Å². The van der Waals surface area contributed by atoms with Gasteiger partial charge in [0, 0.05) is 60.3 Å². The molecule has 1 saturated heterocycles. The van der Waals surface area contributed by atoms with Crippen LogP contribution in [0.5, 0.6) is 0 Å². The van der Waals surface area contributed by atoms with Gasteiger partial charge in [0.15, 0.2) is 11.5 Å². The highest BCUT2D eigenvalue weighted by Crippen LogP contribution is 2.29. The van der Waals surface area contributed by atoms with E-state index in [-0.39, 0.29) is 0 Å². The van der Waals surface area contributed by atoms with Gasteiger partial charge in [-0.1, -0.05) is 19.1 Å². The minimum Gasteiger partial charge on any atom is -0.371 e. The zero-order valence-electron chi connectivity index (χ0n) is 16.7. The fourth-order valence-corrected chi connectivity index (χ4v) is 4.16. The van der Waals surface area contributed by atoms with E-state index in [1.807, 2.05) is 23.0 Å². The second-order valence-electron chi connectivity index (χ2n) is 8.09. The minimum atomic E-state index is 0.745. The van der Waals surface area contributed by atoms with E-state index >= 15 is 0 Å². The van der Waals surface area contributed by atoms with Crippen LogP contribution >= 0.6 is 0 Å². The molecule has 2 aromatic carbocycles. The fourth-order valence-electron chi connectivity index (χ4n) is 4.16. The second-order valence-corrected chi connectivity index (χ2v) is 8.09. The number of benzene rings is 2. The van der Waals surface area contributed by atoms with Crippen molar-refractivity contribution in [1.82, 2.24) is 19.4 Å². The Morgan fingerprint density at radius 1 is 1.07 bits per heavy atom. The molecule has 2 N–H and O–H groups in total. The third kappa shape index (κ3) is 2.88. The third-order valence-corrected chi connectivity index (χ3v) is 5.78. The second kappa shape index (κ2) is 6.62. The maximum absolute atomic E-state index is 4.91. The number of fused-ring (bicyclic) bond motifs is 2. The smallest absolute Gasteiger partial charge is 0.180 e. The summed E-state index contributed by atoms with van der Waals surface area (Å²) in [5, 5.41) is 4.66. The number of hydrogen-bond donors (Lipinski definition) is 2. The summed E-state index contributed by atoms with van der Waals surface area (Å²) in [5.74, 6) is 1.53. The van der Waals surface area contributed by atoms with Crippen LogP contribution in [0, 0.1) is 5.92 Å². The van der Waals surface area contributed by atoms with Crippen LogP contribution in [-0.4, -0.2) is 32.4 Å². The maximum atomic E-state index is 4.91. The van der Waals surface area contributed by atoms with Gasteiger partial charge in [-0.15, -0.1) is 0 Å². The van der Waals surface area contributed by atoms with E-state index in [1.165, 1.54) is 11.1 Å². The Morgan fingerprint density at radius 3 is 2.77 bits per heavy atom. The van der Waals surface area contributed by atoms with E-state index in [0.29, 0.717) is 0 Å². The fraction of sp³-hybridized carbons (Fsp3) is 0.167. The summed E-state index contributed by atoms with van der Waals surface area (Å²) in [6.45, 7) is 4.56. The number of hydrogen-bond acceptors (Lipinski definition) is 4. The van der Waals surface area contributed by atoms with Crippen molar-refractivity contribution in [3.8, 4) is 11.3 Å². The molecule has 3 aromatic heterocycles. The molecule has 0 amide bonds. The van der Waals surface area contributed by atoms with Crippen molar-refractivity contribution in [3.05, 3.63) is 73.3 Å². The third-order valence-electron chi connectivity index (χ3n) is 5.78. The van der Waals surface area contributed by atoms with Gasteiger partial charge < -0.3 is 19.6 Å². The van der Waals surface area contributed by atoms with Crippen molar-refractivity contribution in [2.24, 2.45) is 5.92 Å². The zero-order chi connectivity index (χ0) is 20.1. The zero-order valence-corrected chi connectivity index (χ0v) is 16.7. The van der Waals surface area contributed by atoms with Crippen molar-refractivity contribution in [1.29, 1.82) is 0 Å². The predicted molar refractivity (Wildman–Crippen MR) is 121 cm³/mol. The molecule has 6 nitrogen and oxygen atoms in total.